The predicted octanol–water partition coefficient (Wildman–Crippen LogP) is 3.27. The molecule has 2 N–H and O–H groups in total. The molecule has 1 heterocycles. The van der Waals surface area contributed by atoms with Crippen LogP contribution in [-0.2, 0) is 20.7 Å². The molecular formula is C22H25NO4. The van der Waals surface area contributed by atoms with Gasteiger partial charge in [0.05, 0.1) is 12.0 Å². The van der Waals surface area contributed by atoms with Gasteiger partial charge < -0.3 is 15.2 Å². The number of carboxylic acids is 1. The molecule has 3 rings (SSSR count). The van der Waals surface area contributed by atoms with Crippen molar-refractivity contribution in [3.05, 3.63) is 71.3 Å². The van der Waals surface area contributed by atoms with E-state index in [9.17, 15) is 14.7 Å². The summed E-state index contributed by atoms with van der Waals surface area (Å²) in [5.41, 5.74) is 2.97. The van der Waals surface area contributed by atoms with Gasteiger partial charge in [0.2, 0.25) is 5.91 Å². The Morgan fingerprint density at radius 1 is 1.15 bits per heavy atom. The van der Waals surface area contributed by atoms with Crippen LogP contribution in [0.3, 0.4) is 0 Å². The van der Waals surface area contributed by atoms with Gasteiger partial charge in [-0.25, -0.2) is 4.79 Å². The predicted molar refractivity (Wildman–Crippen MR) is 102 cm³/mol. The summed E-state index contributed by atoms with van der Waals surface area (Å²) >= 11 is 0. The number of aliphatic carboxylic acids is 1. The molecule has 1 amide bonds. The summed E-state index contributed by atoms with van der Waals surface area (Å²) in [6.07, 6.45) is 1.38. The summed E-state index contributed by atoms with van der Waals surface area (Å²) in [6, 6.07) is 16.3. The normalized spacial score (nSPS) is 20.6. The van der Waals surface area contributed by atoms with Crippen molar-refractivity contribution in [2.75, 3.05) is 6.61 Å². The zero-order valence-corrected chi connectivity index (χ0v) is 15.4. The number of carboxylic acid groups (broad SMARTS) is 1. The zero-order chi connectivity index (χ0) is 19.2. The van der Waals surface area contributed by atoms with Crippen molar-refractivity contribution < 1.29 is 19.4 Å². The molecule has 1 aliphatic rings. The monoisotopic (exact) mass is 367 g/mol. The van der Waals surface area contributed by atoms with Crippen LogP contribution in [0.5, 0.6) is 0 Å². The number of hydrogen-bond acceptors (Lipinski definition) is 3. The van der Waals surface area contributed by atoms with Crippen LogP contribution in [0.4, 0.5) is 0 Å². The number of aryl methyl sites for hydroxylation is 1. The second-order valence-corrected chi connectivity index (χ2v) is 7.04. The number of amides is 1. The van der Waals surface area contributed by atoms with Crippen molar-refractivity contribution in [3.8, 4) is 0 Å². The number of rotatable bonds is 6. The molecule has 0 spiro atoms. The van der Waals surface area contributed by atoms with Crippen molar-refractivity contribution in [2.24, 2.45) is 5.92 Å². The van der Waals surface area contributed by atoms with Crippen LogP contribution in [0.1, 0.15) is 35.6 Å². The first-order valence-corrected chi connectivity index (χ1v) is 9.30. The maximum Gasteiger partial charge on any atom is 0.326 e. The molecule has 0 aliphatic carbocycles. The lowest BCUT2D eigenvalue weighted by atomic mass is 9.88. The zero-order valence-electron chi connectivity index (χ0n) is 15.4. The smallest absolute Gasteiger partial charge is 0.326 e. The Balaban J connectivity index is 1.73. The van der Waals surface area contributed by atoms with Crippen LogP contribution in [0, 0.1) is 12.8 Å². The second kappa shape index (κ2) is 8.82. The molecule has 1 fully saturated rings. The molecule has 5 nitrogen and oxygen atoms in total. The molecule has 5 heteroatoms. The third-order valence-electron chi connectivity index (χ3n) is 4.96. The van der Waals surface area contributed by atoms with E-state index < -0.39 is 12.0 Å². The van der Waals surface area contributed by atoms with Crippen molar-refractivity contribution in [3.63, 3.8) is 0 Å². The third-order valence-corrected chi connectivity index (χ3v) is 4.96. The van der Waals surface area contributed by atoms with Crippen molar-refractivity contribution in [1.29, 1.82) is 0 Å². The highest BCUT2D eigenvalue weighted by Crippen LogP contribution is 2.34. The molecule has 0 saturated carbocycles. The van der Waals surface area contributed by atoms with Gasteiger partial charge in [-0.05, 0) is 30.9 Å². The Labute approximate surface area is 159 Å². The second-order valence-electron chi connectivity index (χ2n) is 7.04. The summed E-state index contributed by atoms with van der Waals surface area (Å²) in [5.74, 6) is -1.68. The van der Waals surface area contributed by atoms with Crippen LogP contribution >= 0.6 is 0 Å². The topological polar surface area (TPSA) is 75.6 Å². The van der Waals surface area contributed by atoms with E-state index in [1.54, 1.807) is 0 Å². The van der Waals surface area contributed by atoms with Gasteiger partial charge in [-0.1, -0.05) is 60.2 Å². The number of carbonyl (C=O) groups is 2. The van der Waals surface area contributed by atoms with Gasteiger partial charge in [0.15, 0.2) is 0 Å². The van der Waals surface area contributed by atoms with Gasteiger partial charge >= 0.3 is 5.97 Å². The fraction of sp³-hybridized carbons (Fsp3) is 0.364. The highest BCUT2D eigenvalue weighted by Gasteiger charge is 2.35. The molecule has 0 aromatic heterocycles. The van der Waals surface area contributed by atoms with E-state index in [2.05, 4.69) is 5.32 Å². The van der Waals surface area contributed by atoms with Gasteiger partial charge in [0, 0.05) is 13.0 Å². The van der Waals surface area contributed by atoms with Crippen molar-refractivity contribution in [2.45, 2.75) is 38.3 Å². The first-order chi connectivity index (χ1) is 13.0. The lowest BCUT2D eigenvalue weighted by molar-refractivity contribution is -0.145. The summed E-state index contributed by atoms with van der Waals surface area (Å²) in [6.45, 7) is 2.62. The Kier molecular flexibility index (Phi) is 6.24. The molecular weight excluding hydrogens is 342 g/mol. The molecule has 0 radical (unpaired) electrons. The van der Waals surface area contributed by atoms with Gasteiger partial charge in [-0.15, -0.1) is 0 Å². The number of ether oxygens (including phenoxy) is 1. The maximum atomic E-state index is 12.9. The molecule has 0 bridgehead atoms. The highest BCUT2D eigenvalue weighted by atomic mass is 16.5. The quantitative estimate of drug-likeness (QED) is 0.822. The van der Waals surface area contributed by atoms with Gasteiger partial charge in [-0.3, -0.25) is 4.79 Å². The highest BCUT2D eigenvalue weighted by molar-refractivity contribution is 5.85. The average Bonchev–Trinajstić information content (AvgIpc) is 2.69. The minimum atomic E-state index is -1.03. The van der Waals surface area contributed by atoms with Crippen molar-refractivity contribution in [1.82, 2.24) is 5.32 Å². The number of benzene rings is 2. The van der Waals surface area contributed by atoms with Gasteiger partial charge in [0.25, 0.3) is 0 Å². The van der Waals surface area contributed by atoms with Crippen LogP contribution in [0.15, 0.2) is 54.6 Å². The van der Waals surface area contributed by atoms with Crippen LogP contribution in [-0.4, -0.2) is 29.6 Å². The summed E-state index contributed by atoms with van der Waals surface area (Å²) < 4.78 is 5.89. The minimum Gasteiger partial charge on any atom is -0.480 e. The van der Waals surface area contributed by atoms with E-state index in [4.69, 9.17) is 4.74 Å². The summed E-state index contributed by atoms with van der Waals surface area (Å²) in [5, 5.41) is 12.3. The largest absolute Gasteiger partial charge is 0.480 e. The van der Waals surface area contributed by atoms with E-state index in [1.165, 1.54) is 0 Å². The molecule has 27 heavy (non-hydrogen) atoms. The number of nitrogens with one attached hydrogen (secondary N) is 1. The van der Waals surface area contributed by atoms with E-state index >= 15 is 0 Å². The molecule has 3 atom stereocenters. The standard InChI is InChI=1S/C22H25NO4/c1-15-9-11-17(12-10-15)20-18(8-5-13-27-20)21(24)23-19(22(25)26)14-16-6-3-2-4-7-16/h2-4,6-7,9-12,18-20H,5,8,13-14H2,1H3,(H,23,24)(H,25,26). The van der Waals surface area contributed by atoms with Crippen molar-refractivity contribution >= 4 is 11.9 Å². The van der Waals surface area contributed by atoms with E-state index in [0.717, 1.165) is 23.1 Å². The number of hydrogen-bond donors (Lipinski definition) is 2. The Morgan fingerprint density at radius 2 is 1.85 bits per heavy atom. The molecule has 142 valence electrons. The number of carbonyl (C=O) groups excluding carboxylic acids is 1. The average molecular weight is 367 g/mol. The molecule has 1 saturated heterocycles. The maximum absolute atomic E-state index is 12.9. The van der Waals surface area contributed by atoms with Gasteiger partial charge in [0.1, 0.15) is 6.04 Å². The minimum absolute atomic E-state index is 0.255. The Bertz CT molecular complexity index is 773. The van der Waals surface area contributed by atoms with Crippen LogP contribution < -0.4 is 5.32 Å². The van der Waals surface area contributed by atoms with E-state index in [-0.39, 0.29) is 24.3 Å². The van der Waals surface area contributed by atoms with E-state index in [1.807, 2.05) is 61.5 Å². The Hall–Kier alpha value is -2.66. The fourth-order valence-corrected chi connectivity index (χ4v) is 3.46. The summed E-state index contributed by atoms with van der Waals surface area (Å²) in [4.78, 5) is 24.6. The fourth-order valence-electron chi connectivity index (χ4n) is 3.46. The first-order valence-electron chi connectivity index (χ1n) is 9.30. The van der Waals surface area contributed by atoms with E-state index in [0.29, 0.717) is 13.0 Å². The Morgan fingerprint density at radius 3 is 2.52 bits per heavy atom. The van der Waals surface area contributed by atoms with Crippen LogP contribution in [0.2, 0.25) is 0 Å². The first kappa shape index (κ1) is 19.1. The van der Waals surface area contributed by atoms with Gasteiger partial charge in [-0.2, -0.15) is 0 Å². The molecule has 3 unspecified atom stereocenters. The summed E-state index contributed by atoms with van der Waals surface area (Å²) in [7, 11) is 0. The SMILES string of the molecule is Cc1ccc(C2OCCCC2C(=O)NC(Cc2ccccc2)C(=O)O)cc1. The third kappa shape index (κ3) is 4.95. The molecule has 2 aromatic carbocycles. The molecule has 1 aliphatic heterocycles. The van der Waals surface area contributed by atoms with Crippen LogP contribution in [0.25, 0.3) is 0 Å². The lowest BCUT2D eigenvalue weighted by Gasteiger charge is -2.32. The lowest BCUT2D eigenvalue weighted by Crippen LogP contribution is -2.47. The molecule has 2 aromatic rings.